The third-order valence-electron chi connectivity index (χ3n) is 5.12. The number of carbonyl (C=O) groups excluding carboxylic acids is 1. The standard InChI is InChI=1S/C23H31N5O3/c1-4-24-23(26-18-10-11-20(30-2)21(16-18)31-3)25-17-22(29)28-14-12-27(13-15-28)19-8-6-5-7-9-19/h5-11,16H,4,12-15,17H2,1-3H3,(H2,24,25,26). The highest BCUT2D eigenvalue weighted by Crippen LogP contribution is 2.29. The Bertz CT molecular complexity index is 880. The molecule has 1 aliphatic heterocycles. The molecule has 1 fully saturated rings. The van der Waals surface area contributed by atoms with Gasteiger partial charge in [-0.05, 0) is 31.2 Å². The molecule has 0 spiro atoms. The number of carbonyl (C=O) groups is 1. The monoisotopic (exact) mass is 425 g/mol. The lowest BCUT2D eigenvalue weighted by molar-refractivity contribution is -0.129. The Balaban J connectivity index is 1.57. The average Bonchev–Trinajstić information content (AvgIpc) is 2.83. The summed E-state index contributed by atoms with van der Waals surface area (Å²) in [4.78, 5) is 21.4. The molecule has 8 nitrogen and oxygen atoms in total. The number of nitrogens with zero attached hydrogens (tertiary/aromatic N) is 3. The molecule has 2 aromatic rings. The van der Waals surface area contributed by atoms with E-state index in [4.69, 9.17) is 9.47 Å². The number of nitrogens with one attached hydrogen (secondary N) is 2. The maximum absolute atomic E-state index is 12.7. The van der Waals surface area contributed by atoms with Crippen LogP contribution in [-0.4, -0.2) is 70.3 Å². The van der Waals surface area contributed by atoms with Gasteiger partial charge in [-0.25, -0.2) is 4.99 Å². The number of hydrogen-bond acceptors (Lipinski definition) is 5. The van der Waals surface area contributed by atoms with Gasteiger partial charge in [0.05, 0.1) is 14.2 Å². The topological polar surface area (TPSA) is 78.4 Å². The quantitative estimate of drug-likeness (QED) is 0.524. The van der Waals surface area contributed by atoms with Crippen LogP contribution in [-0.2, 0) is 4.79 Å². The third kappa shape index (κ3) is 6.04. The van der Waals surface area contributed by atoms with Crippen molar-refractivity contribution in [2.24, 2.45) is 4.99 Å². The molecule has 0 radical (unpaired) electrons. The van der Waals surface area contributed by atoms with E-state index >= 15 is 0 Å². The zero-order valence-electron chi connectivity index (χ0n) is 18.4. The molecule has 1 heterocycles. The van der Waals surface area contributed by atoms with Crippen molar-refractivity contribution in [3.63, 3.8) is 0 Å². The number of guanidine groups is 1. The molecule has 2 N–H and O–H groups in total. The summed E-state index contributed by atoms with van der Waals surface area (Å²) in [5.74, 6) is 1.85. The van der Waals surface area contributed by atoms with Gasteiger partial charge in [0.15, 0.2) is 17.5 Å². The van der Waals surface area contributed by atoms with Gasteiger partial charge in [-0.15, -0.1) is 0 Å². The predicted octanol–water partition coefficient (Wildman–Crippen LogP) is 2.43. The summed E-state index contributed by atoms with van der Waals surface area (Å²) in [6, 6.07) is 15.8. The zero-order chi connectivity index (χ0) is 22.1. The van der Waals surface area contributed by atoms with Gasteiger partial charge in [-0.3, -0.25) is 4.79 Å². The highest BCUT2D eigenvalue weighted by molar-refractivity contribution is 5.95. The van der Waals surface area contributed by atoms with Crippen molar-refractivity contribution >= 4 is 23.2 Å². The van der Waals surface area contributed by atoms with E-state index in [0.717, 1.165) is 18.8 Å². The Morgan fingerprint density at radius 3 is 2.35 bits per heavy atom. The largest absolute Gasteiger partial charge is 0.493 e. The van der Waals surface area contributed by atoms with Crippen molar-refractivity contribution in [3.05, 3.63) is 48.5 Å². The van der Waals surface area contributed by atoms with E-state index in [2.05, 4.69) is 32.7 Å². The van der Waals surface area contributed by atoms with E-state index in [-0.39, 0.29) is 12.5 Å². The Hall–Kier alpha value is -3.42. The molecule has 0 aromatic heterocycles. The first-order valence-corrected chi connectivity index (χ1v) is 10.5. The minimum Gasteiger partial charge on any atom is -0.493 e. The van der Waals surface area contributed by atoms with Crippen LogP contribution < -0.4 is 25.0 Å². The molecule has 0 saturated carbocycles. The van der Waals surface area contributed by atoms with E-state index in [0.29, 0.717) is 37.1 Å². The number of aliphatic imine (C=N–C) groups is 1. The van der Waals surface area contributed by atoms with Crippen LogP contribution in [0.2, 0.25) is 0 Å². The van der Waals surface area contributed by atoms with Gasteiger partial charge in [0.1, 0.15) is 6.54 Å². The molecule has 3 rings (SSSR count). The van der Waals surface area contributed by atoms with Crippen molar-refractivity contribution in [2.45, 2.75) is 6.92 Å². The first kappa shape index (κ1) is 22.3. The SMILES string of the molecule is CCNC(=NCC(=O)N1CCN(c2ccccc2)CC1)Nc1ccc(OC)c(OC)c1. The molecule has 1 saturated heterocycles. The van der Waals surface area contributed by atoms with Gasteiger partial charge in [0.2, 0.25) is 5.91 Å². The second-order valence-corrected chi connectivity index (χ2v) is 7.09. The summed E-state index contributed by atoms with van der Waals surface area (Å²) in [5, 5.41) is 6.39. The number of amides is 1. The van der Waals surface area contributed by atoms with Gasteiger partial charge in [-0.1, -0.05) is 18.2 Å². The van der Waals surface area contributed by atoms with Gasteiger partial charge in [0.25, 0.3) is 0 Å². The minimum atomic E-state index is 0.0252. The molecule has 0 aliphatic carbocycles. The molecule has 31 heavy (non-hydrogen) atoms. The second-order valence-electron chi connectivity index (χ2n) is 7.09. The lowest BCUT2D eigenvalue weighted by Gasteiger charge is -2.36. The minimum absolute atomic E-state index is 0.0252. The molecule has 1 amide bonds. The Labute approximate surface area is 183 Å². The number of hydrogen-bond donors (Lipinski definition) is 2. The molecule has 0 bridgehead atoms. The second kappa shape index (κ2) is 11.1. The fourth-order valence-electron chi connectivity index (χ4n) is 3.46. The third-order valence-corrected chi connectivity index (χ3v) is 5.12. The van der Waals surface area contributed by atoms with E-state index in [1.54, 1.807) is 14.2 Å². The van der Waals surface area contributed by atoms with Crippen molar-refractivity contribution in [1.82, 2.24) is 10.2 Å². The lowest BCUT2D eigenvalue weighted by atomic mass is 10.2. The molecule has 1 aliphatic rings. The van der Waals surface area contributed by atoms with Crippen molar-refractivity contribution in [2.75, 3.05) is 63.7 Å². The Morgan fingerprint density at radius 1 is 1.00 bits per heavy atom. The van der Waals surface area contributed by atoms with Crippen LogP contribution in [0.5, 0.6) is 11.5 Å². The number of rotatable bonds is 7. The molecular formula is C23H31N5O3. The van der Waals surface area contributed by atoms with Crippen LogP contribution in [0.3, 0.4) is 0 Å². The summed E-state index contributed by atoms with van der Waals surface area (Å²) in [6.07, 6.45) is 0. The van der Waals surface area contributed by atoms with Crippen LogP contribution in [0.25, 0.3) is 0 Å². The maximum atomic E-state index is 12.7. The predicted molar refractivity (Wildman–Crippen MR) is 124 cm³/mol. The summed E-state index contributed by atoms with van der Waals surface area (Å²) >= 11 is 0. The van der Waals surface area contributed by atoms with Gasteiger partial charge < -0.3 is 29.9 Å². The van der Waals surface area contributed by atoms with Crippen molar-refractivity contribution in [3.8, 4) is 11.5 Å². The molecule has 0 atom stereocenters. The number of ether oxygens (including phenoxy) is 2. The maximum Gasteiger partial charge on any atom is 0.244 e. The fraction of sp³-hybridized carbons (Fsp3) is 0.391. The van der Waals surface area contributed by atoms with Gasteiger partial charge >= 0.3 is 0 Å². The lowest BCUT2D eigenvalue weighted by Crippen LogP contribution is -2.49. The molecular weight excluding hydrogens is 394 g/mol. The zero-order valence-corrected chi connectivity index (χ0v) is 18.4. The number of methoxy groups -OCH3 is 2. The van der Waals surface area contributed by atoms with Crippen LogP contribution in [0, 0.1) is 0 Å². The van der Waals surface area contributed by atoms with Crippen molar-refractivity contribution < 1.29 is 14.3 Å². The number of benzene rings is 2. The highest BCUT2D eigenvalue weighted by atomic mass is 16.5. The summed E-state index contributed by atoms with van der Waals surface area (Å²) in [7, 11) is 3.19. The fourth-order valence-corrected chi connectivity index (χ4v) is 3.46. The average molecular weight is 426 g/mol. The normalized spacial score (nSPS) is 14.2. The van der Waals surface area contributed by atoms with E-state index in [1.807, 2.05) is 48.2 Å². The van der Waals surface area contributed by atoms with Gasteiger partial charge in [-0.2, -0.15) is 0 Å². The number of para-hydroxylation sites is 1. The van der Waals surface area contributed by atoms with Crippen LogP contribution >= 0.6 is 0 Å². The van der Waals surface area contributed by atoms with E-state index < -0.39 is 0 Å². The number of piperazine rings is 1. The smallest absolute Gasteiger partial charge is 0.244 e. The Kier molecular flexibility index (Phi) is 7.98. The van der Waals surface area contributed by atoms with Crippen LogP contribution in [0.4, 0.5) is 11.4 Å². The molecule has 8 heteroatoms. The summed E-state index contributed by atoms with van der Waals surface area (Å²) < 4.78 is 10.6. The molecule has 0 unspecified atom stereocenters. The van der Waals surface area contributed by atoms with E-state index in [1.165, 1.54) is 5.69 Å². The highest BCUT2D eigenvalue weighted by Gasteiger charge is 2.21. The summed E-state index contributed by atoms with van der Waals surface area (Å²) in [5.41, 5.74) is 1.99. The van der Waals surface area contributed by atoms with Crippen LogP contribution in [0.1, 0.15) is 6.92 Å². The Morgan fingerprint density at radius 2 is 1.71 bits per heavy atom. The first-order valence-electron chi connectivity index (χ1n) is 10.5. The molecule has 2 aromatic carbocycles. The van der Waals surface area contributed by atoms with E-state index in [9.17, 15) is 4.79 Å². The summed E-state index contributed by atoms with van der Waals surface area (Å²) in [6.45, 7) is 5.80. The van der Waals surface area contributed by atoms with Crippen molar-refractivity contribution in [1.29, 1.82) is 0 Å². The number of anilines is 2. The van der Waals surface area contributed by atoms with Gasteiger partial charge in [0, 0.05) is 50.2 Å². The first-order chi connectivity index (χ1) is 15.1. The molecule has 166 valence electrons. The van der Waals surface area contributed by atoms with Crippen LogP contribution in [0.15, 0.2) is 53.5 Å².